The molecule has 17 heavy (non-hydrogen) atoms. The fraction of sp³-hybridized carbons (Fsp3) is 0.286. The first-order valence-electron chi connectivity index (χ1n) is 5.67. The SMILES string of the molecule is Cc1ccc(SCc2ccc(CN)o2)cc1C. The third-order valence-corrected chi connectivity index (χ3v) is 3.79. The highest BCUT2D eigenvalue weighted by molar-refractivity contribution is 7.98. The van der Waals surface area contributed by atoms with E-state index in [1.165, 1.54) is 16.0 Å². The van der Waals surface area contributed by atoms with Crippen LogP contribution in [0.3, 0.4) is 0 Å². The highest BCUT2D eigenvalue weighted by atomic mass is 32.2. The van der Waals surface area contributed by atoms with Crippen molar-refractivity contribution in [1.29, 1.82) is 0 Å². The molecular formula is C14H17NOS. The van der Waals surface area contributed by atoms with E-state index in [0.29, 0.717) is 6.54 Å². The van der Waals surface area contributed by atoms with Crippen LogP contribution in [0.2, 0.25) is 0 Å². The summed E-state index contributed by atoms with van der Waals surface area (Å²) in [6.45, 7) is 4.73. The highest BCUT2D eigenvalue weighted by Crippen LogP contribution is 2.25. The largest absolute Gasteiger partial charge is 0.464 e. The molecule has 0 saturated carbocycles. The minimum absolute atomic E-state index is 0.467. The second kappa shape index (κ2) is 5.43. The molecule has 2 nitrogen and oxygen atoms in total. The van der Waals surface area contributed by atoms with Gasteiger partial charge in [0.15, 0.2) is 0 Å². The molecule has 0 bridgehead atoms. The summed E-state index contributed by atoms with van der Waals surface area (Å²) in [5, 5.41) is 0. The monoisotopic (exact) mass is 247 g/mol. The number of benzene rings is 1. The Hall–Kier alpha value is -1.19. The molecule has 2 aromatic rings. The molecule has 0 aliphatic rings. The fourth-order valence-electron chi connectivity index (χ4n) is 1.57. The summed E-state index contributed by atoms with van der Waals surface area (Å²) in [6.07, 6.45) is 0. The number of thioether (sulfide) groups is 1. The topological polar surface area (TPSA) is 39.2 Å². The normalized spacial score (nSPS) is 10.8. The molecule has 0 atom stereocenters. The third kappa shape index (κ3) is 3.14. The first-order chi connectivity index (χ1) is 8.19. The summed E-state index contributed by atoms with van der Waals surface area (Å²) in [6, 6.07) is 10.5. The van der Waals surface area contributed by atoms with E-state index in [1.807, 2.05) is 12.1 Å². The van der Waals surface area contributed by atoms with Crippen molar-refractivity contribution in [3.63, 3.8) is 0 Å². The summed E-state index contributed by atoms with van der Waals surface area (Å²) in [5.41, 5.74) is 8.17. The van der Waals surface area contributed by atoms with E-state index >= 15 is 0 Å². The van der Waals surface area contributed by atoms with Crippen LogP contribution in [0.15, 0.2) is 39.6 Å². The van der Waals surface area contributed by atoms with Crippen LogP contribution in [0.5, 0.6) is 0 Å². The second-order valence-corrected chi connectivity index (χ2v) is 5.16. The maximum atomic E-state index is 5.56. The van der Waals surface area contributed by atoms with Gasteiger partial charge in [0.1, 0.15) is 11.5 Å². The summed E-state index contributed by atoms with van der Waals surface area (Å²) in [4.78, 5) is 1.28. The Labute approximate surface area is 106 Å². The molecule has 3 heteroatoms. The number of hydrogen-bond acceptors (Lipinski definition) is 3. The fourth-order valence-corrected chi connectivity index (χ4v) is 2.46. The van der Waals surface area contributed by atoms with Crippen LogP contribution in [0, 0.1) is 13.8 Å². The minimum Gasteiger partial charge on any atom is -0.464 e. The molecule has 0 fully saturated rings. The summed E-state index contributed by atoms with van der Waals surface area (Å²) >= 11 is 1.79. The summed E-state index contributed by atoms with van der Waals surface area (Å²) in [5.74, 6) is 2.68. The smallest absolute Gasteiger partial charge is 0.117 e. The Morgan fingerprint density at radius 1 is 1.06 bits per heavy atom. The standard InChI is InChI=1S/C14H17NOS/c1-10-3-6-14(7-11(10)2)17-9-13-5-4-12(8-15)16-13/h3-7H,8-9,15H2,1-2H3. The molecule has 0 radical (unpaired) electrons. The maximum Gasteiger partial charge on any atom is 0.117 e. The van der Waals surface area contributed by atoms with Gasteiger partial charge in [0.05, 0.1) is 12.3 Å². The van der Waals surface area contributed by atoms with Crippen molar-refractivity contribution < 1.29 is 4.42 Å². The van der Waals surface area contributed by atoms with Crippen molar-refractivity contribution in [3.05, 3.63) is 53.0 Å². The van der Waals surface area contributed by atoms with Gasteiger partial charge in [-0.15, -0.1) is 11.8 Å². The van der Waals surface area contributed by atoms with Gasteiger partial charge in [-0.25, -0.2) is 0 Å². The number of hydrogen-bond donors (Lipinski definition) is 1. The molecular weight excluding hydrogens is 230 g/mol. The molecule has 2 N–H and O–H groups in total. The highest BCUT2D eigenvalue weighted by Gasteiger charge is 2.02. The first kappa shape index (κ1) is 12.3. The van der Waals surface area contributed by atoms with Crippen LogP contribution in [0.4, 0.5) is 0 Å². The van der Waals surface area contributed by atoms with E-state index in [9.17, 15) is 0 Å². The molecule has 1 heterocycles. The predicted octanol–water partition coefficient (Wildman–Crippen LogP) is 3.65. The van der Waals surface area contributed by atoms with Crippen molar-refractivity contribution in [3.8, 4) is 0 Å². The number of nitrogens with two attached hydrogens (primary N) is 1. The summed E-state index contributed by atoms with van der Waals surface area (Å²) in [7, 11) is 0. The van der Waals surface area contributed by atoms with Gasteiger partial charge < -0.3 is 10.2 Å². The Morgan fingerprint density at radius 2 is 1.82 bits per heavy atom. The van der Waals surface area contributed by atoms with E-state index < -0.39 is 0 Å². The van der Waals surface area contributed by atoms with E-state index in [2.05, 4.69) is 32.0 Å². The van der Waals surface area contributed by atoms with Gasteiger partial charge in [0, 0.05) is 4.90 Å². The second-order valence-electron chi connectivity index (χ2n) is 4.11. The quantitative estimate of drug-likeness (QED) is 0.838. The lowest BCUT2D eigenvalue weighted by Gasteiger charge is -2.03. The zero-order valence-electron chi connectivity index (χ0n) is 10.2. The molecule has 0 spiro atoms. The zero-order chi connectivity index (χ0) is 12.3. The van der Waals surface area contributed by atoms with Crippen molar-refractivity contribution in [1.82, 2.24) is 0 Å². The van der Waals surface area contributed by atoms with Gasteiger partial charge >= 0.3 is 0 Å². The lowest BCUT2D eigenvalue weighted by Crippen LogP contribution is -1.92. The van der Waals surface area contributed by atoms with Gasteiger partial charge in [-0.3, -0.25) is 0 Å². The Bertz CT molecular complexity index is 505. The van der Waals surface area contributed by atoms with Crippen LogP contribution in [0.1, 0.15) is 22.6 Å². The van der Waals surface area contributed by atoms with Crippen LogP contribution in [0.25, 0.3) is 0 Å². The zero-order valence-corrected chi connectivity index (χ0v) is 11.0. The van der Waals surface area contributed by atoms with Crippen molar-refractivity contribution in [2.45, 2.75) is 31.0 Å². The minimum atomic E-state index is 0.467. The van der Waals surface area contributed by atoms with Crippen molar-refractivity contribution in [2.75, 3.05) is 0 Å². The predicted molar refractivity (Wildman–Crippen MR) is 72.1 cm³/mol. The molecule has 1 aromatic heterocycles. The lowest BCUT2D eigenvalue weighted by atomic mass is 10.1. The van der Waals surface area contributed by atoms with Gasteiger partial charge in [0.2, 0.25) is 0 Å². The average molecular weight is 247 g/mol. The van der Waals surface area contributed by atoms with E-state index in [0.717, 1.165) is 17.3 Å². The number of furan rings is 1. The molecule has 2 rings (SSSR count). The van der Waals surface area contributed by atoms with Gasteiger partial charge in [-0.2, -0.15) is 0 Å². The molecule has 0 aliphatic carbocycles. The Morgan fingerprint density at radius 3 is 2.47 bits per heavy atom. The van der Waals surface area contributed by atoms with Gasteiger partial charge in [-0.1, -0.05) is 6.07 Å². The van der Waals surface area contributed by atoms with Crippen LogP contribution in [-0.2, 0) is 12.3 Å². The first-order valence-corrected chi connectivity index (χ1v) is 6.65. The van der Waals surface area contributed by atoms with E-state index in [-0.39, 0.29) is 0 Å². The van der Waals surface area contributed by atoms with Crippen LogP contribution >= 0.6 is 11.8 Å². The Kier molecular flexibility index (Phi) is 3.92. The van der Waals surface area contributed by atoms with Gasteiger partial charge in [-0.05, 0) is 49.2 Å². The maximum absolute atomic E-state index is 5.56. The molecule has 90 valence electrons. The Balaban J connectivity index is 1.99. The molecule has 0 amide bonds. The lowest BCUT2D eigenvalue weighted by molar-refractivity contribution is 0.482. The van der Waals surface area contributed by atoms with Crippen LogP contribution < -0.4 is 5.73 Å². The molecule has 0 aliphatic heterocycles. The molecule has 0 saturated heterocycles. The number of aryl methyl sites for hydroxylation is 2. The van der Waals surface area contributed by atoms with Crippen LogP contribution in [-0.4, -0.2) is 0 Å². The van der Waals surface area contributed by atoms with E-state index in [4.69, 9.17) is 10.2 Å². The average Bonchev–Trinajstić information content (AvgIpc) is 2.79. The molecule has 0 unspecified atom stereocenters. The third-order valence-electron chi connectivity index (χ3n) is 2.78. The number of rotatable bonds is 4. The van der Waals surface area contributed by atoms with Crippen molar-refractivity contribution in [2.24, 2.45) is 5.73 Å². The van der Waals surface area contributed by atoms with Gasteiger partial charge in [0.25, 0.3) is 0 Å². The van der Waals surface area contributed by atoms with E-state index in [1.54, 1.807) is 11.8 Å². The summed E-state index contributed by atoms with van der Waals surface area (Å²) < 4.78 is 5.56. The van der Waals surface area contributed by atoms with Crippen molar-refractivity contribution >= 4 is 11.8 Å². The molecule has 1 aromatic carbocycles.